The first-order chi connectivity index (χ1) is 14.1. The van der Waals surface area contributed by atoms with Gasteiger partial charge in [-0.25, -0.2) is 4.99 Å². The number of likely N-dealkylation sites (tertiary alicyclic amines) is 1. The molecule has 30 heavy (non-hydrogen) atoms. The third-order valence-electron chi connectivity index (χ3n) is 6.26. The highest BCUT2D eigenvalue weighted by Crippen LogP contribution is 2.52. The van der Waals surface area contributed by atoms with Crippen LogP contribution in [0.15, 0.2) is 35.5 Å². The summed E-state index contributed by atoms with van der Waals surface area (Å²) in [5, 5.41) is 6.52. The molecule has 2 fully saturated rings. The smallest absolute Gasteiger partial charge is 0.233 e. The Morgan fingerprint density at radius 2 is 1.90 bits per heavy atom. The molecule has 1 saturated carbocycles. The van der Waals surface area contributed by atoms with Crippen LogP contribution in [0.25, 0.3) is 0 Å². The fraction of sp³-hybridized carbons (Fsp3) is 0.545. The van der Waals surface area contributed by atoms with E-state index < -0.39 is 0 Å². The minimum Gasteiger partial charge on any atom is -0.357 e. The van der Waals surface area contributed by atoms with Crippen LogP contribution in [0.2, 0.25) is 0 Å². The van der Waals surface area contributed by atoms with Crippen LogP contribution in [-0.4, -0.2) is 47.3 Å². The normalized spacial score (nSPS) is 26.7. The van der Waals surface area contributed by atoms with E-state index in [0.717, 1.165) is 30.2 Å². The van der Waals surface area contributed by atoms with Crippen molar-refractivity contribution in [2.45, 2.75) is 33.2 Å². The van der Waals surface area contributed by atoms with Gasteiger partial charge < -0.3 is 10.6 Å². The second-order valence-corrected chi connectivity index (χ2v) is 8.07. The summed E-state index contributed by atoms with van der Waals surface area (Å²) in [6, 6.07) is 3.95. The number of guanidine groups is 1. The summed E-state index contributed by atoms with van der Waals surface area (Å²) in [7, 11) is 0. The standard InChI is InChI=1S/C22H29N5O2.HI/c1-3-23-22(26-13-17-14(2)6-4-9-24-17)25-10-5-11-27-20(28)18-15-7-8-16(12-15)19(18)21(27)29;/h4,6-9,15-16,18-19H,3,5,10-13H2,1-2H3,(H2,23,25,26);1H. The molecule has 7 nitrogen and oxygen atoms in total. The summed E-state index contributed by atoms with van der Waals surface area (Å²) in [5.41, 5.74) is 2.07. The highest BCUT2D eigenvalue weighted by Gasteiger charge is 2.58. The highest BCUT2D eigenvalue weighted by molar-refractivity contribution is 14.0. The molecule has 4 unspecified atom stereocenters. The number of imide groups is 1. The highest BCUT2D eigenvalue weighted by atomic mass is 127. The van der Waals surface area contributed by atoms with Crippen LogP contribution >= 0.6 is 24.0 Å². The average molecular weight is 523 g/mol. The Balaban J connectivity index is 0.00000256. The van der Waals surface area contributed by atoms with Crippen LogP contribution in [0.4, 0.5) is 0 Å². The van der Waals surface area contributed by atoms with Gasteiger partial charge in [0.05, 0.1) is 24.1 Å². The molecular weight excluding hydrogens is 493 g/mol. The zero-order chi connectivity index (χ0) is 20.4. The molecule has 162 valence electrons. The maximum absolute atomic E-state index is 12.7. The summed E-state index contributed by atoms with van der Waals surface area (Å²) in [4.78, 5) is 35.9. The molecule has 3 aliphatic rings. The van der Waals surface area contributed by atoms with Crippen molar-refractivity contribution in [1.82, 2.24) is 20.5 Å². The summed E-state index contributed by atoms with van der Waals surface area (Å²) in [6.07, 6.45) is 7.71. The number of hydrogen-bond acceptors (Lipinski definition) is 4. The molecule has 1 aromatic rings. The molecule has 0 spiro atoms. The van der Waals surface area contributed by atoms with Crippen molar-refractivity contribution in [2.24, 2.45) is 28.7 Å². The number of aliphatic imine (C=N–C) groups is 1. The van der Waals surface area contributed by atoms with Crippen LogP contribution in [0.1, 0.15) is 31.0 Å². The van der Waals surface area contributed by atoms with Gasteiger partial charge in [-0.3, -0.25) is 19.5 Å². The monoisotopic (exact) mass is 523 g/mol. The van der Waals surface area contributed by atoms with Gasteiger partial charge in [-0.05, 0) is 50.2 Å². The van der Waals surface area contributed by atoms with Crippen LogP contribution in [0.5, 0.6) is 0 Å². The zero-order valence-corrected chi connectivity index (χ0v) is 19.8. The molecule has 2 bridgehead atoms. The molecule has 0 aromatic carbocycles. The van der Waals surface area contributed by atoms with Crippen LogP contribution < -0.4 is 10.6 Å². The van der Waals surface area contributed by atoms with Crippen LogP contribution in [0.3, 0.4) is 0 Å². The predicted molar refractivity (Wildman–Crippen MR) is 126 cm³/mol. The number of halogens is 1. The number of allylic oxidation sites excluding steroid dienone is 2. The van der Waals surface area contributed by atoms with E-state index >= 15 is 0 Å². The van der Waals surface area contributed by atoms with Gasteiger partial charge in [-0.15, -0.1) is 24.0 Å². The Hall–Kier alpha value is -1.97. The van der Waals surface area contributed by atoms with E-state index in [-0.39, 0.29) is 59.5 Å². The van der Waals surface area contributed by atoms with Gasteiger partial charge in [0.25, 0.3) is 0 Å². The Labute approximate surface area is 194 Å². The topological polar surface area (TPSA) is 86.7 Å². The molecule has 0 radical (unpaired) electrons. The van der Waals surface area contributed by atoms with E-state index in [2.05, 4.69) is 32.8 Å². The Morgan fingerprint density at radius 1 is 1.20 bits per heavy atom. The van der Waals surface area contributed by atoms with Gasteiger partial charge in [0.1, 0.15) is 0 Å². The molecule has 4 atom stereocenters. The number of pyridine rings is 1. The number of hydrogen-bond donors (Lipinski definition) is 2. The first kappa shape index (κ1) is 22.7. The van der Waals surface area contributed by atoms with E-state index in [1.807, 2.05) is 26.0 Å². The van der Waals surface area contributed by atoms with Gasteiger partial charge in [0.15, 0.2) is 5.96 Å². The first-order valence-electron chi connectivity index (χ1n) is 10.6. The predicted octanol–water partition coefficient (Wildman–Crippen LogP) is 2.26. The minimum atomic E-state index is -0.106. The van der Waals surface area contributed by atoms with Gasteiger partial charge in [-0.2, -0.15) is 0 Å². The van der Waals surface area contributed by atoms with Crippen LogP contribution in [0, 0.1) is 30.6 Å². The van der Waals surface area contributed by atoms with Crippen molar-refractivity contribution >= 4 is 41.8 Å². The number of carbonyl (C=O) groups excluding carboxylic acids is 2. The molecule has 1 aromatic heterocycles. The van der Waals surface area contributed by atoms with Gasteiger partial charge in [0.2, 0.25) is 11.8 Å². The second kappa shape index (κ2) is 9.89. The fourth-order valence-corrected chi connectivity index (χ4v) is 4.81. The first-order valence-corrected chi connectivity index (χ1v) is 10.6. The van der Waals surface area contributed by atoms with Gasteiger partial charge in [0, 0.05) is 25.8 Å². The lowest BCUT2D eigenvalue weighted by Crippen LogP contribution is -2.40. The second-order valence-electron chi connectivity index (χ2n) is 8.07. The lowest BCUT2D eigenvalue weighted by molar-refractivity contribution is -0.140. The third kappa shape index (κ3) is 4.38. The number of aromatic nitrogens is 1. The SMILES string of the molecule is CCNC(=NCc1ncccc1C)NCCCN1C(=O)C2C3C=CC(C3)C2C1=O.I. The number of nitrogens with one attached hydrogen (secondary N) is 2. The summed E-state index contributed by atoms with van der Waals surface area (Å²) in [5.74, 6) is 1.11. The van der Waals surface area contributed by atoms with Crippen molar-refractivity contribution in [3.05, 3.63) is 41.7 Å². The summed E-state index contributed by atoms with van der Waals surface area (Å²) < 4.78 is 0. The zero-order valence-electron chi connectivity index (χ0n) is 17.5. The molecule has 2 aliphatic carbocycles. The minimum absolute atomic E-state index is 0. The molecule has 1 aliphatic heterocycles. The molecule has 2 N–H and O–H groups in total. The lowest BCUT2D eigenvalue weighted by Gasteiger charge is -2.18. The Bertz CT molecular complexity index is 826. The van der Waals surface area contributed by atoms with Crippen molar-refractivity contribution in [3.8, 4) is 0 Å². The number of carbonyl (C=O) groups is 2. The maximum atomic E-state index is 12.7. The number of aryl methyl sites for hydroxylation is 1. The molecule has 2 heterocycles. The number of amides is 2. The third-order valence-corrected chi connectivity index (χ3v) is 6.26. The number of nitrogens with zero attached hydrogens (tertiary/aromatic N) is 3. The van der Waals surface area contributed by atoms with Crippen molar-refractivity contribution < 1.29 is 9.59 Å². The van der Waals surface area contributed by atoms with E-state index in [9.17, 15) is 9.59 Å². The molecule has 2 amide bonds. The van der Waals surface area contributed by atoms with Crippen molar-refractivity contribution in [2.75, 3.05) is 19.6 Å². The van der Waals surface area contributed by atoms with Crippen molar-refractivity contribution in [3.63, 3.8) is 0 Å². The number of rotatable bonds is 7. The van der Waals surface area contributed by atoms with Gasteiger partial charge in [-0.1, -0.05) is 18.2 Å². The Morgan fingerprint density at radius 3 is 2.53 bits per heavy atom. The fourth-order valence-electron chi connectivity index (χ4n) is 4.81. The summed E-state index contributed by atoms with van der Waals surface area (Å²) >= 11 is 0. The van der Waals surface area contributed by atoms with E-state index in [1.165, 1.54) is 4.90 Å². The quantitative estimate of drug-likeness (QED) is 0.143. The van der Waals surface area contributed by atoms with E-state index in [1.54, 1.807) is 6.20 Å². The van der Waals surface area contributed by atoms with Gasteiger partial charge >= 0.3 is 0 Å². The molecule has 1 saturated heterocycles. The molecular formula is C22H30IN5O2. The number of fused-ring (bicyclic) bond motifs is 5. The molecule has 4 rings (SSSR count). The van der Waals surface area contributed by atoms with E-state index in [4.69, 9.17) is 0 Å². The Kier molecular flexibility index (Phi) is 7.49. The maximum Gasteiger partial charge on any atom is 0.233 e. The largest absolute Gasteiger partial charge is 0.357 e. The summed E-state index contributed by atoms with van der Waals surface area (Å²) in [6.45, 7) is 6.42. The lowest BCUT2D eigenvalue weighted by atomic mass is 9.85. The van der Waals surface area contributed by atoms with Crippen LogP contribution in [-0.2, 0) is 16.1 Å². The van der Waals surface area contributed by atoms with E-state index in [0.29, 0.717) is 26.1 Å². The van der Waals surface area contributed by atoms with Crippen molar-refractivity contribution in [1.29, 1.82) is 0 Å². The average Bonchev–Trinajstić information content (AvgIpc) is 3.39. The molecule has 8 heteroatoms.